The first kappa shape index (κ1) is 15.4. The van der Waals surface area contributed by atoms with Gasteiger partial charge in [-0.25, -0.2) is 0 Å². The van der Waals surface area contributed by atoms with E-state index in [1.54, 1.807) is 23.6 Å². The molecule has 0 aliphatic heterocycles. The van der Waals surface area contributed by atoms with Crippen molar-refractivity contribution >= 4 is 17.2 Å². The van der Waals surface area contributed by atoms with Crippen molar-refractivity contribution in [3.05, 3.63) is 52.7 Å². The van der Waals surface area contributed by atoms with Gasteiger partial charge in [0.1, 0.15) is 5.69 Å². The fourth-order valence-corrected chi connectivity index (χ4v) is 2.82. The molecule has 0 aliphatic rings. The fraction of sp³-hybridized carbons (Fsp3) is 0.250. The topological polar surface area (TPSA) is 80.9 Å². The van der Waals surface area contributed by atoms with Gasteiger partial charge < -0.3 is 9.84 Å². The summed E-state index contributed by atoms with van der Waals surface area (Å²) in [5.74, 6) is 0.781. The summed E-state index contributed by atoms with van der Waals surface area (Å²) in [5.41, 5.74) is 0.643. The zero-order chi connectivity index (χ0) is 15.9. The number of hydrogen-bond acceptors (Lipinski definition) is 6. The van der Waals surface area contributed by atoms with Crippen LogP contribution in [0.1, 0.15) is 23.6 Å². The van der Waals surface area contributed by atoms with Crippen LogP contribution in [0.25, 0.3) is 11.5 Å². The number of nitrogens with one attached hydrogen (secondary N) is 1. The van der Waals surface area contributed by atoms with E-state index in [0.717, 1.165) is 12.8 Å². The van der Waals surface area contributed by atoms with Gasteiger partial charge in [0.25, 0.3) is 0 Å². The molecule has 118 valence electrons. The number of carbonyl (C=O) groups is 1. The molecule has 0 spiro atoms. The summed E-state index contributed by atoms with van der Waals surface area (Å²) in [6.07, 6.45) is 3.91. The van der Waals surface area contributed by atoms with Gasteiger partial charge in [-0.1, -0.05) is 17.3 Å². The van der Waals surface area contributed by atoms with Crippen molar-refractivity contribution in [2.24, 2.45) is 0 Å². The normalized spacial score (nSPS) is 10.6. The molecule has 1 amide bonds. The molecule has 0 radical (unpaired) electrons. The molecule has 0 unspecified atom stereocenters. The number of aromatic nitrogens is 3. The van der Waals surface area contributed by atoms with Crippen LogP contribution in [0.2, 0.25) is 0 Å². The lowest BCUT2D eigenvalue weighted by Gasteiger charge is -2.01. The highest BCUT2D eigenvalue weighted by Crippen LogP contribution is 2.13. The number of hydrogen-bond donors (Lipinski definition) is 1. The molecule has 0 saturated heterocycles. The molecule has 23 heavy (non-hydrogen) atoms. The Bertz CT molecular complexity index is 741. The van der Waals surface area contributed by atoms with Crippen molar-refractivity contribution in [1.82, 2.24) is 20.4 Å². The molecule has 0 fully saturated rings. The van der Waals surface area contributed by atoms with E-state index in [1.807, 2.05) is 23.6 Å². The molecule has 3 aromatic heterocycles. The second kappa shape index (κ2) is 7.64. The predicted octanol–water partition coefficient (Wildman–Crippen LogP) is 2.83. The summed E-state index contributed by atoms with van der Waals surface area (Å²) in [6, 6.07) is 9.58. The van der Waals surface area contributed by atoms with Crippen LogP contribution in [0.3, 0.4) is 0 Å². The Hall–Kier alpha value is -2.54. The molecular weight excluding hydrogens is 312 g/mol. The lowest BCUT2D eigenvalue weighted by Crippen LogP contribution is -2.22. The van der Waals surface area contributed by atoms with Crippen LogP contribution in [0.4, 0.5) is 0 Å². The van der Waals surface area contributed by atoms with Gasteiger partial charge in [0.05, 0.1) is 6.54 Å². The predicted molar refractivity (Wildman–Crippen MR) is 86.6 cm³/mol. The second-order valence-electron chi connectivity index (χ2n) is 4.94. The van der Waals surface area contributed by atoms with Gasteiger partial charge in [0, 0.05) is 17.5 Å². The molecule has 7 heteroatoms. The number of aryl methyl sites for hydroxylation is 1. The average Bonchev–Trinajstić information content (AvgIpc) is 3.25. The minimum atomic E-state index is -0.0147. The van der Waals surface area contributed by atoms with Crippen molar-refractivity contribution in [2.45, 2.75) is 25.8 Å². The van der Waals surface area contributed by atoms with E-state index in [2.05, 4.69) is 26.5 Å². The van der Waals surface area contributed by atoms with E-state index >= 15 is 0 Å². The third-order valence-corrected chi connectivity index (χ3v) is 4.14. The molecule has 3 aromatic rings. The van der Waals surface area contributed by atoms with E-state index in [-0.39, 0.29) is 12.5 Å². The van der Waals surface area contributed by atoms with Crippen molar-refractivity contribution < 1.29 is 9.32 Å². The van der Waals surface area contributed by atoms with Gasteiger partial charge in [0.15, 0.2) is 0 Å². The Morgan fingerprint density at radius 2 is 2.22 bits per heavy atom. The maximum atomic E-state index is 11.8. The van der Waals surface area contributed by atoms with Crippen LogP contribution >= 0.6 is 11.3 Å². The standard InChI is InChI=1S/C16H16N4O2S/c21-14(8-3-5-12-6-4-10-23-12)18-11-15-19-16(20-22-15)13-7-1-2-9-17-13/h1-2,4,6-7,9-10H,3,5,8,11H2,(H,18,21). The smallest absolute Gasteiger partial charge is 0.246 e. The zero-order valence-electron chi connectivity index (χ0n) is 12.4. The van der Waals surface area contributed by atoms with E-state index in [0.29, 0.717) is 23.8 Å². The monoisotopic (exact) mass is 328 g/mol. The third kappa shape index (κ3) is 4.46. The summed E-state index contributed by atoms with van der Waals surface area (Å²) >= 11 is 1.71. The molecule has 0 aliphatic carbocycles. The second-order valence-corrected chi connectivity index (χ2v) is 5.97. The third-order valence-electron chi connectivity index (χ3n) is 3.21. The summed E-state index contributed by atoms with van der Waals surface area (Å²) in [7, 11) is 0. The average molecular weight is 328 g/mol. The quantitative estimate of drug-likeness (QED) is 0.721. The largest absolute Gasteiger partial charge is 0.347 e. The molecule has 1 N–H and O–H groups in total. The first-order valence-electron chi connectivity index (χ1n) is 7.34. The number of rotatable bonds is 7. The molecular formula is C16H16N4O2S. The summed E-state index contributed by atoms with van der Waals surface area (Å²) < 4.78 is 5.12. The Labute approximate surface area is 137 Å². The molecule has 3 rings (SSSR count). The van der Waals surface area contributed by atoms with Crippen LogP contribution < -0.4 is 5.32 Å². The molecule has 0 atom stereocenters. The van der Waals surface area contributed by atoms with Crippen LogP contribution in [-0.2, 0) is 17.8 Å². The highest BCUT2D eigenvalue weighted by atomic mass is 32.1. The Morgan fingerprint density at radius 1 is 1.26 bits per heavy atom. The van der Waals surface area contributed by atoms with E-state index in [1.165, 1.54) is 4.88 Å². The number of amides is 1. The number of pyridine rings is 1. The van der Waals surface area contributed by atoms with Gasteiger partial charge in [-0.05, 0) is 36.4 Å². The van der Waals surface area contributed by atoms with Crippen LogP contribution in [0.15, 0.2) is 46.4 Å². The lowest BCUT2D eigenvalue weighted by molar-refractivity contribution is -0.121. The Morgan fingerprint density at radius 3 is 3.00 bits per heavy atom. The maximum Gasteiger partial charge on any atom is 0.246 e. The highest BCUT2D eigenvalue weighted by Gasteiger charge is 2.10. The van der Waals surface area contributed by atoms with Gasteiger partial charge >= 0.3 is 0 Å². The van der Waals surface area contributed by atoms with E-state index in [9.17, 15) is 4.79 Å². The number of carbonyl (C=O) groups excluding carboxylic acids is 1. The molecule has 6 nitrogen and oxygen atoms in total. The van der Waals surface area contributed by atoms with Crippen molar-refractivity contribution in [3.63, 3.8) is 0 Å². The number of thiophene rings is 1. The van der Waals surface area contributed by atoms with Crippen molar-refractivity contribution in [1.29, 1.82) is 0 Å². The SMILES string of the molecule is O=C(CCCc1cccs1)NCc1nc(-c2ccccn2)no1. The van der Waals surface area contributed by atoms with Crippen molar-refractivity contribution in [2.75, 3.05) is 0 Å². The van der Waals surface area contributed by atoms with Crippen LogP contribution in [0, 0.1) is 0 Å². The molecule has 0 saturated carbocycles. The number of nitrogens with zero attached hydrogens (tertiary/aromatic N) is 3. The van der Waals surface area contributed by atoms with E-state index in [4.69, 9.17) is 4.52 Å². The minimum absolute atomic E-state index is 0.0147. The van der Waals surface area contributed by atoms with Gasteiger partial charge in [-0.15, -0.1) is 11.3 Å². The Balaban J connectivity index is 1.43. The molecule has 0 aromatic carbocycles. The minimum Gasteiger partial charge on any atom is -0.347 e. The van der Waals surface area contributed by atoms with Crippen molar-refractivity contribution in [3.8, 4) is 11.5 Å². The summed E-state index contributed by atoms with van der Waals surface area (Å²) in [6.45, 7) is 0.234. The summed E-state index contributed by atoms with van der Waals surface area (Å²) in [5, 5.41) is 8.70. The molecule has 0 bridgehead atoms. The highest BCUT2D eigenvalue weighted by molar-refractivity contribution is 7.09. The fourth-order valence-electron chi connectivity index (χ4n) is 2.07. The first-order valence-corrected chi connectivity index (χ1v) is 8.22. The first-order chi connectivity index (χ1) is 11.3. The van der Waals surface area contributed by atoms with Gasteiger partial charge in [0.2, 0.25) is 17.6 Å². The van der Waals surface area contributed by atoms with E-state index < -0.39 is 0 Å². The summed E-state index contributed by atoms with van der Waals surface area (Å²) in [4.78, 5) is 21.5. The Kier molecular flexibility index (Phi) is 5.10. The zero-order valence-corrected chi connectivity index (χ0v) is 13.3. The lowest BCUT2D eigenvalue weighted by atomic mass is 10.2. The van der Waals surface area contributed by atoms with Crippen LogP contribution in [0.5, 0.6) is 0 Å². The maximum absolute atomic E-state index is 11.8. The molecule has 3 heterocycles. The van der Waals surface area contributed by atoms with Gasteiger partial charge in [-0.2, -0.15) is 4.98 Å². The van der Waals surface area contributed by atoms with Crippen LogP contribution in [-0.4, -0.2) is 21.0 Å². The van der Waals surface area contributed by atoms with Gasteiger partial charge in [-0.3, -0.25) is 9.78 Å².